The maximum absolute atomic E-state index is 11.3. The zero-order chi connectivity index (χ0) is 14.1. The van der Waals surface area contributed by atoms with Crippen LogP contribution in [-0.2, 0) is 6.54 Å². The van der Waals surface area contributed by atoms with Crippen LogP contribution in [0.3, 0.4) is 0 Å². The Bertz CT molecular complexity index is 646. The van der Waals surface area contributed by atoms with Crippen molar-refractivity contribution < 1.29 is 9.32 Å². The van der Waals surface area contributed by atoms with Gasteiger partial charge in [0.05, 0.1) is 6.54 Å². The minimum Gasteiger partial charge on any atom is -0.376 e. The lowest BCUT2D eigenvalue weighted by atomic mass is 10.1. The second kappa shape index (κ2) is 4.96. The van der Waals surface area contributed by atoms with Crippen molar-refractivity contribution in [1.82, 2.24) is 10.1 Å². The molecule has 0 bridgehead atoms. The lowest BCUT2D eigenvalue weighted by Gasteiger charge is -2.09. The van der Waals surface area contributed by atoms with Crippen molar-refractivity contribution >= 4 is 11.6 Å². The predicted molar refractivity (Wildman–Crippen MR) is 73.3 cm³/mol. The van der Waals surface area contributed by atoms with E-state index in [9.17, 15) is 4.79 Å². The van der Waals surface area contributed by atoms with E-state index in [2.05, 4.69) is 15.5 Å². The lowest BCUT2D eigenvalue weighted by molar-refractivity contribution is 0.1000. The number of carbonyl (C=O) groups excluding carboxylic acids is 1. The highest BCUT2D eigenvalue weighted by molar-refractivity contribution is 5.95. The summed E-state index contributed by atoms with van der Waals surface area (Å²) in [4.78, 5) is 15.6. The van der Waals surface area contributed by atoms with Crippen molar-refractivity contribution in [1.29, 1.82) is 0 Å². The highest BCUT2D eigenvalue weighted by Gasteiger charge is 2.28. The van der Waals surface area contributed by atoms with E-state index in [0.29, 0.717) is 23.9 Å². The normalized spacial score (nSPS) is 14.2. The smallest absolute Gasteiger partial charge is 0.249 e. The highest BCUT2D eigenvalue weighted by atomic mass is 16.5. The molecule has 20 heavy (non-hydrogen) atoms. The molecule has 104 valence electrons. The molecule has 1 aliphatic rings. The number of benzene rings is 1. The van der Waals surface area contributed by atoms with Gasteiger partial charge in [-0.05, 0) is 37.5 Å². The minimum absolute atomic E-state index is 0.431. The van der Waals surface area contributed by atoms with Gasteiger partial charge in [0.2, 0.25) is 11.8 Å². The maximum Gasteiger partial charge on any atom is 0.249 e. The van der Waals surface area contributed by atoms with Gasteiger partial charge in [0.25, 0.3) is 0 Å². The predicted octanol–water partition coefficient (Wildman–Crippen LogP) is 1.97. The molecule has 3 N–H and O–H groups in total. The summed E-state index contributed by atoms with van der Waals surface area (Å²) in [6.07, 6.45) is 2.29. The van der Waals surface area contributed by atoms with Crippen molar-refractivity contribution in [3.8, 4) is 0 Å². The summed E-state index contributed by atoms with van der Waals surface area (Å²) in [7, 11) is 0. The largest absolute Gasteiger partial charge is 0.376 e. The molecule has 0 atom stereocenters. The van der Waals surface area contributed by atoms with Crippen LogP contribution in [0.5, 0.6) is 0 Å². The van der Waals surface area contributed by atoms with Crippen LogP contribution in [0.15, 0.2) is 22.7 Å². The van der Waals surface area contributed by atoms with Crippen LogP contribution < -0.4 is 11.1 Å². The van der Waals surface area contributed by atoms with E-state index >= 15 is 0 Å². The van der Waals surface area contributed by atoms with E-state index in [0.717, 1.165) is 29.9 Å². The van der Waals surface area contributed by atoms with E-state index < -0.39 is 5.91 Å². The van der Waals surface area contributed by atoms with E-state index in [1.165, 1.54) is 0 Å². The number of hydrogen-bond acceptors (Lipinski definition) is 5. The fourth-order valence-corrected chi connectivity index (χ4v) is 2.11. The molecule has 1 fully saturated rings. The van der Waals surface area contributed by atoms with Gasteiger partial charge in [-0.15, -0.1) is 0 Å². The molecule has 2 aromatic rings. The van der Waals surface area contributed by atoms with Crippen LogP contribution in [-0.4, -0.2) is 16.0 Å². The fraction of sp³-hybridized carbons (Fsp3) is 0.357. The molecule has 0 radical (unpaired) electrons. The zero-order valence-electron chi connectivity index (χ0n) is 11.2. The third kappa shape index (κ3) is 2.49. The van der Waals surface area contributed by atoms with E-state index in [4.69, 9.17) is 10.3 Å². The van der Waals surface area contributed by atoms with Gasteiger partial charge in [-0.2, -0.15) is 4.98 Å². The molecule has 1 saturated carbocycles. The van der Waals surface area contributed by atoms with Gasteiger partial charge in [-0.1, -0.05) is 11.2 Å². The van der Waals surface area contributed by atoms with Gasteiger partial charge in [0.1, 0.15) is 0 Å². The monoisotopic (exact) mass is 272 g/mol. The van der Waals surface area contributed by atoms with Crippen molar-refractivity contribution in [3.05, 3.63) is 41.0 Å². The van der Waals surface area contributed by atoms with Gasteiger partial charge in [0.15, 0.2) is 5.82 Å². The first-order chi connectivity index (χ1) is 9.65. The SMILES string of the molecule is Cc1c(NCc2nc(C3CC3)no2)cccc1C(N)=O. The van der Waals surface area contributed by atoms with Gasteiger partial charge in [-0.25, -0.2) is 0 Å². The van der Waals surface area contributed by atoms with Crippen molar-refractivity contribution in [2.45, 2.75) is 32.2 Å². The third-order valence-corrected chi connectivity index (χ3v) is 3.46. The summed E-state index contributed by atoms with van der Waals surface area (Å²) < 4.78 is 5.19. The molecule has 0 unspecified atom stereocenters. The second-order valence-electron chi connectivity index (χ2n) is 5.02. The number of carbonyl (C=O) groups is 1. The number of amides is 1. The topological polar surface area (TPSA) is 94.0 Å². The molecular formula is C14H16N4O2. The Balaban J connectivity index is 1.71. The van der Waals surface area contributed by atoms with Crippen molar-refractivity contribution in [2.24, 2.45) is 5.73 Å². The van der Waals surface area contributed by atoms with Crippen LogP contribution in [0.2, 0.25) is 0 Å². The highest BCUT2D eigenvalue weighted by Crippen LogP contribution is 2.38. The van der Waals surface area contributed by atoms with Crippen molar-refractivity contribution in [2.75, 3.05) is 5.32 Å². The number of primary amides is 1. The average molecular weight is 272 g/mol. The summed E-state index contributed by atoms with van der Waals surface area (Å²) in [5.74, 6) is 1.40. The quantitative estimate of drug-likeness (QED) is 0.867. The maximum atomic E-state index is 11.3. The Kier molecular flexibility index (Phi) is 3.14. The molecular weight excluding hydrogens is 256 g/mol. The van der Waals surface area contributed by atoms with Crippen molar-refractivity contribution in [3.63, 3.8) is 0 Å². The molecule has 1 aliphatic carbocycles. The first-order valence-electron chi connectivity index (χ1n) is 6.61. The van der Waals surface area contributed by atoms with Crippen LogP contribution in [0.1, 0.15) is 46.4 Å². The summed E-state index contributed by atoms with van der Waals surface area (Å²) in [5.41, 5.74) is 7.50. The molecule has 1 aromatic carbocycles. The molecule has 1 heterocycles. The Morgan fingerprint density at radius 3 is 3.00 bits per heavy atom. The Morgan fingerprint density at radius 1 is 1.50 bits per heavy atom. The zero-order valence-corrected chi connectivity index (χ0v) is 11.2. The number of rotatable bonds is 5. The Hall–Kier alpha value is -2.37. The number of nitrogens with two attached hydrogens (primary N) is 1. The summed E-state index contributed by atoms with van der Waals surface area (Å²) in [5, 5.41) is 7.15. The molecule has 0 spiro atoms. The number of nitrogens with one attached hydrogen (secondary N) is 1. The Labute approximate surface area is 116 Å². The van der Waals surface area contributed by atoms with Crippen LogP contribution >= 0.6 is 0 Å². The minimum atomic E-state index is -0.431. The number of hydrogen-bond donors (Lipinski definition) is 2. The van der Waals surface area contributed by atoms with E-state index in [1.54, 1.807) is 12.1 Å². The van der Waals surface area contributed by atoms with Gasteiger partial charge < -0.3 is 15.6 Å². The van der Waals surface area contributed by atoms with Gasteiger partial charge in [0, 0.05) is 17.2 Å². The fourth-order valence-electron chi connectivity index (χ4n) is 2.11. The van der Waals surface area contributed by atoms with E-state index in [-0.39, 0.29) is 0 Å². The van der Waals surface area contributed by atoms with Crippen LogP contribution in [0.4, 0.5) is 5.69 Å². The summed E-state index contributed by atoms with van der Waals surface area (Å²) in [6.45, 7) is 2.29. The number of nitrogens with zero attached hydrogens (tertiary/aromatic N) is 2. The van der Waals surface area contributed by atoms with Crippen LogP contribution in [0.25, 0.3) is 0 Å². The lowest BCUT2D eigenvalue weighted by Crippen LogP contribution is -2.14. The first-order valence-corrected chi connectivity index (χ1v) is 6.61. The molecule has 6 nitrogen and oxygen atoms in total. The standard InChI is InChI=1S/C14H16N4O2/c1-8-10(13(15)19)3-2-4-11(8)16-7-12-17-14(18-20-12)9-5-6-9/h2-4,9,16H,5-7H2,1H3,(H2,15,19). The van der Waals surface area contributed by atoms with Gasteiger partial charge in [-0.3, -0.25) is 4.79 Å². The second-order valence-corrected chi connectivity index (χ2v) is 5.02. The number of aromatic nitrogens is 2. The molecule has 1 amide bonds. The molecule has 1 aromatic heterocycles. The summed E-state index contributed by atoms with van der Waals surface area (Å²) >= 11 is 0. The molecule has 6 heteroatoms. The molecule has 0 saturated heterocycles. The summed E-state index contributed by atoms with van der Waals surface area (Å²) in [6, 6.07) is 5.39. The van der Waals surface area contributed by atoms with Crippen LogP contribution in [0, 0.1) is 6.92 Å². The first kappa shape index (κ1) is 12.7. The third-order valence-electron chi connectivity index (χ3n) is 3.46. The molecule has 3 rings (SSSR count). The number of anilines is 1. The van der Waals surface area contributed by atoms with Gasteiger partial charge >= 0.3 is 0 Å². The van der Waals surface area contributed by atoms with E-state index in [1.807, 2.05) is 13.0 Å². The molecule has 0 aliphatic heterocycles. The Morgan fingerprint density at radius 2 is 2.30 bits per heavy atom. The average Bonchev–Trinajstić information content (AvgIpc) is 3.17.